The van der Waals surface area contributed by atoms with E-state index < -0.39 is 10.2 Å². The third-order valence-electron chi connectivity index (χ3n) is 3.90. The number of hydrogen-bond donors (Lipinski definition) is 1. The first-order chi connectivity index (χ1) is 8.01. The third-order valence-corrected chi connectivity index (χ3v) is 5.90. The van der Waals surface area contributed by atoms with Gasteiger partial charge in [-0.15, -0.1) is 12.4 Å². The summed E-state index contributed by atoms with van der Waals surface area (Å²) in [6.45, 7) is 4.53. The Morgan fingerprint density at radius 3 is 2.22 bits per heavy atom. The van der Waals surface area contributed by atoms with Crippen molar-refractivity contribution in [3.63, 3.8) is 0 Å². The Labute approximate surface area is 116 Å². The van der Waals surface area contributed by atoms with E-state index >= 15 is 0 Å². The topological polar surface area (TPSA) is 66.6 Å². The summed E-state index contributed by atoms with van der Waals surface area (Å²) in [6.07, 6.45) is 3.89. The van der Waals surface area contributed by atoms with Gasteiger partial charge in [-0.2, -0.15) is 17.0 Å². The van der Waals surface area contributed by atoms with Crippen LogP contribution in [0.25, 0.3) is 0 Å². The van der Waals surface area contributed by atoms with Crippen LogP contribution in [0.3, 0.4) is 0 Å². The van der Waals surface area contributed by atoms with Crippen LogP contribution in [-0.2, 0) is 10.2 Å². The predicted octanol–water partition coefficient (Wildman–Crippen LogP) is 0.808. The zero-order valence-corrected chi connectivity index (χ0v) is 12.5. The molecule has 2 unspecified atom stereocenters. The van der Waals surface area contributed by atoms with Gasteiger partial charge in [-0.05, 0) is 25.2 Å². The van der Waals surface area contributed by atoms with Crippen LogP contribution in [0.5, 0.6) is 0 Å². The maximum Gasteiger partial charge on any atom is 0.281 e. The highest BCUT2D eigenvalue weighted by atomic mass is 35.5. The smallest absolute Gasteiger partial charge is 0.281 e. The van der Waals surface area contributed by atoms with Gasteiger partial charge < -0.3 is 5.73 Å². The molecule has 0 aliphatic carbocycles. The molecular weight excluding hydrogens is 274 g/mol. The van der Waals surface area contributed by atoms with Gasteiger partial charge in [0, 0.05) is 32.2 Å². The standard InChI is InChI=1S/C11H23N3O2S.ClH/c1-10-9-14(8-5-11(10)12)17(15,16)13-6-3-2-4-7-13;/h10-11H,2-9,12H2,1H3;1H. The van der Waals surface area contributed by atoms with E-state index in [1.165, 1.54) is 0 Å². The van der Waals surface area contributed by atoms with Crippen LogP contribution in [-0.4, -0.2) is 49.2 Å². The molecule has 2 N–H and O–H groups in total. The summed E-state index contributed by atoms with van der Waals surface area (Å²) in [4.78, 5) is 0. The Kier molecular flexibility index (Phi) is 5.86. The molecule has 0 radical (unpaired) electrons. The number of rotatable bonds is 2. The van der Waals surface area contributed by atoms with Gasteiger partial charge in [0.1, 0.15) is 0 Å². The second-order valence-electron chi connectivity index (χ2n) is 5.26. The van der Waals surface area contributed by atoms with Crippen LogP contribution in [0, 0.1) is 5.92 Å². The fraction of sp³-hybridized carbons (Fsp3) is 1.00. The van der Waals surface area contributed by atoms with Crippen LogP contribution in [0.15, 0.2) is 0 Å². The second kappa shape index (κ2) is 6.52. The van der Waals surface area contributed by atoms with Crippen LogP contribution < -0.4 is 5.73 Å². The Morgan fingerprint density at radius 2 is 1.67 bits per heavy atom. The van der Waals surface area contributed by atoms with E-state index in [-0.39, 0.29) is 24.4 Å². The van der Waals surface area contributed by atoms with Crippen LogP contribution >= 0.6 is 12.4 Å². The molecule has 18 heavy (non-hydrogen) atoms. The van der Waals surface area contributed by atoms with Gasteiger partial charge in [0.15, 0.2) is 0 Å². The lowest BCUT2D eigenvalue weighted by Gasteiger charge is -2.38. The fourth-order valence-corrected chi connectivity index (χ4v) is 4.40. The minimum atomic E-state index is -3.23. The molecule has 0 aromatic carbocycles. The molecule has 7 heteroatoms. The fourth-order valence-electron chi connectivity index (χ4n) is 2.59. The van der Waals surface area contributed by atoms with Crippen LogP contribution in [0.1, 0.15) is 32.6 Å². The average molecular weight is 298 g/mol. The van der Waals surface area contributed by atoms with Crippen molar-refractivity contribution in [1.29, 1.82) is 0 Å². The normalized spacial score (nSPS) is 31.9. The summed E-state index contributed by atoms with van der Waals surface area (Å²) in [5, 5.41) is 0. The van der Waals surface area contributed by atoms with Crippen molar-refractivity contribution in [2.24, 2.45) is 11.7 Å². The minimum absolute atomic E-state index is 0. The van der Waals surface area contributed by atoms with Gasteiger partial charge in [-0.1, -0.05) is 13.3 Å². The SMILES string of the molecule is CC1CN(S(=O)(=O)N2CCCCC2)CCC1N.Cl. The molecule has 2 rings (SSSR count). The van der Waals surface area contributed by atoms with E-state index in [0.29, 0.717) is 26.2 Å². The zero-order chi connectivity index (χ0) is 12.5. The number of halogens is 1. The molecule has 2 atom stereocenters. The molecule has 2 aliphatic rings. The summed E-state index contributed by atoms with van der Waals surface area (Å²) in [7, 11) is -3.23. The van der Waals surface area contributed by atoms with Gasteiger partial charge in [0.05, 0.1) is 0 Å². The largest absolute Gasteiger partial charge is 0.327 e. The highest BCUT2D eigenvalue weighted by Gasteiger charge is 2.35. The second-order valence-corrected chi connectivity index (χ2v) is 7.18. The van der Waals surface area contributed by atoms with E-state index in [1.807, 2.05) is 6.92 Å². The quantitative estimate of drug-likeness (QED) is 0.820. The van der Waals surface area contributed by atoms with E-state index in [9.17, 15) is 8.42 Å². The van der Waals surface area contributed by atoms with Gasteiger partial charge in [-0.25, -0.2) is 0 Å². The highest BCUT2D eigenvalue weighted by molar-refractivity contribution is 7.86. The van der Waals surface area contributed by atoms with Gasteiger partial charge in [-0.3, -0.25) is 0 Å². The summed E-state index contributed by atoms with van der Waals surface area (Å²) >= 11 is 0. The lowest BCUT2D eigenvalue weighted by Crippen LogP contribution is -2.53. The van der Waals surface area contributed by atoms with Crippen molar-refractivity contribution in [3.05, 3.63) is 0 Å². The molecule has 2 aliphatic heterocycles. The number of piperidine rings is 2. The number of hydrogen-bond acceptors (Lipinski definition) is 3. The Balaban J connectivity index is 0.00000162. The van der Waals surface area contributed by atoms with Crippen molar-refractivity contribution in [1.82, 2.24) is 8.61 Å². The van der Waals surface area contributed by atoms with Crippen molar-refractivity contribution < 1.29 is 8.42 Å². The lowest BCUT2D eigenvalue weighted by atomic mass is 9.96. The minimum Gasteiger partial charge on any atom is -0.327 e. The van der Waals surface area contributed by atoms with E-state index in [2.05, 4.69) is 0 Å². The molecule has 2 heterocycles. The molecule has 5 nitrogen and oxygen atoms in total. The van der Waals surface area contributed by atoms with Gasteiger partial charge >= 0.3 is 0 Å². The monoisotopic (exact) mass is 297 g/mol. The first-order valence-electron chi connectivity index (χ1n) is 6.52. The number of nitrogens with zero attached hydrogens (tertiary/aromatic N) is 2. The Bertz CT molecular complexity index is 357. The van der Waals surface area contributed by atoms with Crippen molar-refractivity contribution in [2.45, 2.75) is 38.6 Å². The first kappa shape index (κ1) is 16.2. The molecule has 0 aromatic rings. The highest BCUT2D eigenvalue weighted by Crippen LogP contribution is 2.22. The molecule has 0 spiro atoms. The Morgan fingerprint density at radius 1 is 1.06 bits per heavy atom. The molecule has 2 fully saturated rings. The third kappa shape index (κ3) is 3.36. The summed E-state index contributed by atoms with van der Waals surface area (Å²) in [5.41, 5.74) is 5.93. The van der Waals surface area contributed by atoms with Gasteiger partial charge in [0.2, 0.25) is 0 Å². The molecule has 0 saturated carbocycles. The summed E-state index contributed by atoms with van der Waals surface area (Å²) < 4.78 is 28.1. The summed E-state index contributed by atoms with van der Waals surface area (Å²) in [6, 6.07) is 0.141. The van der Waals surface area contributed by atoms with E-state index in [1.54, 1.807) is 8.61 Å². The van der Waals surface area contributed by atoms with Gasteiger partial charge in [0.25, 0.3) is 10.2 Å². The summed E-state index contributed by atoms with van der Waals surface area (Å²) in [5.74, 6) is 0.253. The van der Waals surface area contributed by atoms with Crippen molar-refractivity contribution >= 4 is 22.6 Å². The van der Waals surface area contributed by atoms with Crippen molar-refractivity contribution in [2.75, 3.05) is 26.2 Å². The Hall–Kier alpha value is 0.120. The molecule has 2 saturated heterocycles. The molecular formula is C11H24ClN3O2S. The maximum absolute atomic E-state index is 12.4. The van der Waals surface area contributed by atoms with E-state index in [0.717, 1.165) is 25.7 Å². The molecule has 108 valence electrons. The van der Waals surface area contributed by atoms with E-state index in [4.69, 9.17) is 5.73 Å². The first-order valence-corrected chi connectivity index (χ1v) is 7.92. The van der Waals surface area contributed by atoms with Crippen LogP contribution in [0.4, 0.5) is 0 Å². The number of nitrogens with two attached hydrogens (primary N) is 1. The molecule has 0 amide bonds. The van der Waals surface area contributed by atoms with Crippen molar-refractivity contribution in [3.8, 4) is 0 Å². The molecule has 0 bridgehead atoms. The zero-order valence-electron chi connectivity index (χ0n) is 10.9. The predicted molar refractivity (Wildman–Crippen MR) is 74.9 cm³/mol. The lowest BCUT2D eigenvalue weighted by molar-refractivity contribution is 0.227. The van der Waals surface area contributed by atoms with Crippen LogP contribution in [0.2, 0.25) is 0 Å². The average Bonchev–Trinajstić information content (AvgIpc) is 2.33. The maximum atomic E-state index is 12.4. The molecule has 0 aromatic heterocycles.